The third kappa shape index (κ3) is 5.57. The first-order valence-corrected chi connectivity index (χ1v) is 9.26. The molecule has 1 aliphatic carbocycles. The molecule has 1 aromatic carbocycles. The van der Waals surface area contributed by atoms with Crippen LogP contribution in [0.3, 0.4) is 0 Å². The van der Waals surface area contributed by atoms with E-state index in [1.807, 2.05) is 18.2 Å². The molecule has 2 N–H and O–H groups in total. The Morgan fingerprint density at radius 1 is 1.07 bits per heavy atom. The molecule has 1 heterocycles. The molecule has 1 aliphatic rings. The van der Waals surface area contributed by atoms with Crippen molar-refractivity contribution in [1.29, 1.82) is 0 Å². The molecular weight excluding hydrogens is 451 g/mol. The highest BCUT2D eigenvalue weighted by atomic mass is 127. The van der Waals surface area contributed by atoms with Crippen molar-refractivity contribution in [2.45, 2.75) is 37.6 Å². The van der Waals surface area contributed by atoms with Gasteiger partial charge >= 0.3 is 0 Å². The molecule has 0 atom stereocenters. The van der Waals surface area contributed by atoms with Crippen LogP contribution >= 0.6 is 24.0 Å². The Bertz CT molecular complexity index is 730. The molecule has 0 saturated heterocycles. The van der Waals surface area contributed by atoms with E-state index in [-0.39, 0.29) is 29.4 Å². The molecule has 1 fully saturated rings. The molecule has 0 aliphatic heterocycles. The molecule has 0 unspecified atom stereocenters. The summed E-state index contributed by atoms with van der Waals surface area (Å²) in [4.78, 5) is 8.80. The van der Waals surface area contributed by atoms with Crippen LogP contribution in [0.25, 0.3) is 0 Å². The summed E-state index contributed by atoms with van der Waals surface area (Å²) in [6, 6.07) is 16.6. The van der Waals surface area contributed by atoms with Crippen molar-refractivity contribution in [2.24, 2.45) is 4.99 Å². The van der Waals surface area contributed by atoms with Gasteiger partial charge in [-0.05, 0) is 24.5 Å². The number of nitrogens with one attached hydrogen (secondary N) is 2. The third-order valence-electron chi connectivity index (χ3n) is 5.19. The van der Waals surface area contributed by atoms with Crippen molar-refractivity contribution in [1.82, 2.24) is 15.6 Å². The van der Waals surface area contributed by atoms with Crippen LogP contribution in [0.15, 0.2) is 53.5 Å². The Labute approximate surface area is 179 Å². The monoisotopic (exact) mass is 480 g/mol. The lowest BCUT2D eigenvalue weighted by molar-refractivity contribution is 0.396. The minimum atomic E-state index is 0. The van der Waals surface area contributed by atoms with E-state index >= 15 is 0 Å². The summed E-state index contributed by atoms with van der Waals surface area (Å²) in [6.45, 7) is 1.50. The Morgan fingerprint density at radius 2 is 1.81 bits per heavy atom. The minimum Gasteiger partial charge on any atom is -0.481 e. The molecule has 1 aromatic heterocycles. The van der Waals surface area contributed by atoms with Crippen molar-refractivity contribution in [3.8, 4) is 5.88 Å². The number of methoxy groups -OCH3 is 1. The SMILES string of the molecule is CN=C(NCc1cccc(OC)n1)NCC1(c2ccccc2)CCCC1.I. The minimum absolute atomic E-state index is 0. The summed E-state index contributed by atoms with van der Waals surface area (Å²) >= 11 is 0. The normalized spacial score (nSPS) is 15.7. The summed E-state index contributed by atoms with van der Waals surface area (Å²) in [5, 5.41) is 6.88. The molecule has 0 bridgehead atoms. The average Bonchev–Trinajstić information content (AvgIpc) is 3.19. The lowest BCUT2D eigenvalue weighted by Crippen LogP contribution is -2.44. The van der Waals surface area contributed by atoms with Crippen LogP contribution in [0.2, 0.25) is 0 Å². The van der Waals surface area contributed by atoms with Gasteiger partial charge in [-0.3, -0.25) is 4.99 Å². The topological polar surface area (TPSA) is 58.5 Å². The van der Waals surface area contributed by atoms with E-state index in [0.29, 0.717) is 12.4 Å². The van der Waals surface area contributed by atoms with E-state index < -0.39 is 0 Å². The van der Waals surface area contributed by atoms with E-state index in [0.717, 1.165) is 18.2 Å². The van der Waals surface area contributed by atoms with Crippen molar-refractivity contribution in [2.75, 3.05) is 20.7 Å². The lowest BCUT2D eigenvalue weighted by Gasteiger charge is -2.30. The Morgan fingerprint density at radius 3 is 2.48 bits per heavy atom. The molecule has 5 nitrogen and oxygen atoms in total. The smallest absolute Gasteiger partial charge is 0.213 e. The number of guanidine groups is 1. The van der Waals surface area contributed by atoms with Gasteiger partial charge in [0.2, 0.25) is 5.88 Å². The van der Waals surface area contributed by atoms with Gasteiger partial charge in [-0.1, -0.05) is 49.2 Å². The second-order valence-corrected chi connectivity index (χ2v) is 6.80. The third-order valence-corrected chi connectivity index (χ3v) is 5.19. The molecule has 146 valence electrons. The summed E-state index contributed by atoms with van der Waals surface area (Å²) in [7, 11) is 3.43. The van der Waals surface area contributed by atoms with E-state index in [2.05, 4.69) is 50.9 Å². The van der Waals surface area contributed by atoms with E-state index in [9.17, 15) is 0 Å². The number of aliphatic imine (C=N–C) groups is 1. The van der Waals surface area contributed by atoms with Crippen LogP contribution in [0, 0.1) is 0 Å². The zero-order valence-electron chi connectivity index (χ0n) is 16.1. The molecule has 0 radical (unpaired) electrons. The summed E-state index contributed by atoms with van der Waals surface area (Å²) in [6.07, 6.45) is 5.02. The van der Waals surface area contributed by atoms with Gasteiger partial charge in [-0.15, -0.1) is 24.0 Å². The first-order chi connectivity index (χ1) is 12.8. The number of nitrogens with zero attached hydrogens (tertiary/aromatic N) is 2. The predicted molar refractivity (Wildman–Crippen MR) is 121 cm³/mol. The van der Waals surface area contributed by atoms with Gasteiger partial charge in [0, 0.05) is 25.1 Å². The Kier molecular flexibility index (Phi) is 8.34. The average molecular weight is 480 g/mol. The van der Waals surface area contributed by atoms with Crippen molar-refractivity contribution in [3.05, 3.63) is 59.8 Å². The molecule has 1 saturated carbocycles. The van der Waals surface area contributed by atoms with Crippen molar-refractivity contribution in [3.63, 3.8) is 0 Å². The first kappa shape index (κ1) is 21.5. The number of ether oxygens (including phenoxy) is 1. The number of hydrogen-bond donors (Lipinski definition) is 2. The highest BCUT2D eigenvalue weighted by Crippen LogP contribution is 2.40. The fourth-order valence-corrected chi connectivity index (χ4v) is 3.73. The van der Waals surface area contributed by atoms with Gasteiger partial charge in [-0.2, -0.15) is 0 Å². The predicted octanol–water partition coefficient (Wildman–Crippen LogP) is 3.89. The number of benzene rings is 1. The number of halogens is 1. The lowest BCUT2D eigenvalue weighted by atomic mass is 9.79. The second-order valence-electron chi connectivity index (χ2n) is 6.80. The van der Waals surface area contributed by atoms with Crippen LogP contribution < -0.4 is 15.4 Å². The van der Waals surface area contributed by atoms with Gasteiger partial charge in [-0.25, -0.2) is 4.98 Å². The highest BCUT2D eigenvalue weighted by molar-refractivity contribution is 14.0. The number of hydrogen-bond acceptors (Lipinski definition) is 3. The fourth-order valence-electron chi connectivity index (χ4n) is 3.73. The van der Waals surface area contributed by atoms with Crippen molar-refractivity contribution >= 4 is 29.9 Å². The molecular formula is C21H29IN4O. The maximum Gasteiger partial charge on any atom is 0.213 e. The number of rotatable bonds is 6. The fraction of sp³-hybridized carbons (Fsp3) is 0.429. The van der Waals surface area contributed by atoms with E-state index in [1.54, 1.807) is 14.2 Å². The molecule has 2 aromatic rings. The first-order valence-electron chi connectivity index (χ1n) is 9.26. The summed E-state index contributed by atoms with van der Waals surface area (Å²) < 4.78 is 5.18. The van der Waals surface area contributed by atoms with Crippen LogP contribution in [0.4, 0.5) is 0 Å². The largest absolute Gasteiger partial charge is 0.481 e. The van der Waals surface area contributed by atoms with Crippen LogP contribution in [0.5, 0.6) is 5.88 Å². The zero-order chi connectivity index (χ0) is 18.2. The Balaban J connectivity index is 0.00000261. The van der Waals surface area contributed by atoms with E-state index in [1.165, 1.54) is 31.2 Å². The second kappa shape index (κ2) is 10.5. The highest BCUT2D eigenvalue weighted by Gasteiger charge is 2.35. The molecule has 0 amide bonds. The molecule has 3 rings (SSSR count). The molecule has 27 heavy (non-hydrogen) atoms. The summed E-state index contributed by atoms with van der Waals surface area (Å²) in [5.41, 5.74) is 2.55. The maximum absolute atomic E-state index is 5.18. The Hall–Kier alpha value is -1.83. The number of pyridine rings is 1. The van der Waals surface area contributed by atoms with Gasteiger partial charge < -0.3 is 15.4 Å². The zero-order valence-corrected chi connectivity index (χ0v) is 18.4. The number of aromatic nitrogens is 1. The van der Waals surface area contributed by atoms with Gasteiger partial charge in [0.05, 0.1) is 19.3 Å². The van der Waals surface area contributed by atoms with Gasteiger partial charge in [0.1, 0.15) is 0 Å². The van der Waals surface area contributed by atoms with Crippen LogP contribution in [-0.4, -0.2) is 31.6 Å². The quantitative estimate of drug-likeness (QED) is 0.374. The van der Waals surface area contributed by atoms with E-state index in [4.69, 9.17) is 4.74 Å². The molecule has 0 spiro atoms. The standard InChI is InChI=1S/C21H28N4O.HI/c1-22-20(23-15-18-11-8-12-19(25-18)26-2)24-16-21(13-6-7-14-21)17-9-4-3-5-10-17;/h3-5,8-12H,6-7,13-16H2,1-2H3,(H2,22,23,24);1H. The van der Waals surface area contributed by atoms with Gasteiger partial charge in [0.25, 0.3) is 0 Å². The van der Waals surface area contributed by atoms with Gasteiger partial charge in [0.15, 0.2) is 5.96 Å². The van der Waals surface area contributed by atoms with Crippen LogP contribution in [0.1, 0.15) is 36.9 Å². The summed E-state index contributed by atoms with van der Waals surface area (Å²) in [5.74, 6) is 1.43. The van der Waals surface area contributed by atoms with Crippen molar-refractivity contribution < 1.29 is 4.74 Å². The maximum atomic E-state index is 5.18. The van der Waals surface area contributed by atoms with Crippen LogP contribution in [-0.2, 0) is 12.0 Å². The molecule has 6 heteroatoms.